The van der Waals surface area contributed by atoms with Gasteiger partial charge in [-0.3, -0.25) is 9.59 Å². The van der Waals surface area contributed by atoms with E-state index in [9.17, 15) is 9.59 Å². The standard InChI is InChI=1S/C20H21ClN4O2/c1-3-13-6-4-5-7-15(13)23-18(26)10-11-22-19(27)14-8-9-16-17(12-14)25(2)20(21)24-16/h4-9,12H,3,10-11H2,1-2H3,(H,22,27)(H,23,26). The fourth-order valence-electron chi connectivity index (χ4n) is 2.86. The lowest BCUT2D eigenvalue weighted by atomic mass is 10.1. The number of nitrogens with one attached hydrogen (secondary N) is 2. The van der Waals surface area contributed by atoms with E-state index in [0.717, 1.165) is 28.7 Å². The molecule has 2 N–H and O–H groups in total. The number of aromatic nitrogens is 2. The summed E-state index contributed by atoms with van der Waals surface area (Å²) < 4.78 is 1.71. The van der Waals surface area contributed by atoms with Gasteiger partial charge in [-0.1, -0.05) is 25.1 Å². The molecule has 0 unspecified atom stereocenters. The van der Waals surface area contributed by atoms with Crippen molar-refractivity contribution in [2.45, 2.75) is 19.8 Å². The number of fused-ring (bicyclic) bond motifs is 1. The summed E-state index contributed by atoms with van der Waals surface area (Å²) in [4.78, 5) is 28.7. The third-order valence-corrected chi connectivity index (χ3v) is 4.74. The molecule has 0 aliphatic carbocycles. The third kappa shape index (κ3) is 4.28. The Labute approximate surface area is 162 Å². The summed E-state index contributed by atoms with van der Waals surface area (Å²) in [7, 11) is 1.79. The molecular formula is C20H21ClN4O2. The Hall–Kier alpha value is -2.86. The second-order valence-electron chi connectivity index (χ2n) is 6.21. The zero-order chi connectivity index (χ0) is 19.4. The third-order valence-electron chi connectivity index (χ3n) is 4.40. The van der Waals surface area contributed by atoms with Gasteiger partial charge in [-0.15, -0.1) is 0 Å². The van der Waals surface area contributed by atoms with Gasteiger partial charge in [0, 0.05) is 31.3 Å². The number of hydrogen-bond acceptors (Lipinski definition) is 3. The van der Waals surface area contributed by atoms with Crippen LogP contribution in [0.2, 0.25) is 5.28 Å². The van der Waals surface area contributed by atoms with Crippen molar-refractivity contribution in [3.05, 3.63) is 58.9 Å². The molecule has 0 aliphatic heterocycles. The van der Waals surface area contributed by atoms with Crippen LogP contribution in [0.1, 0.15) is 29.3 Å². The van der Waals surface area contributed by atoms with E-state index in [1.807, 2.05) is 31.2 Å². The zero-order valence-corrected chi connectivity index (χ0v) is 16.0. The highest BCUT2D eigenvalue weighted by molar-refractivity contribution is 6.29. The average molecular weight is 385 g/mol. The van der Waals surface area contributed by atoms with Crippen LogP contribution >= 0.6 is 11.6 Å². The minimum absolute atomic E-state index is 0.134. The molecule has 2 aromatic carbocycles. The quantitative estimate of drug-likeness (QED) is 0.682. The van der Waals surface area contributed by atoms with E-state index in [2.05, 4.69) is 15.6 Å². The number of para-hydroxylation sites is 1. The molecule has 7 heteroatoms. The molecule has 0 aliphatic rings. The van der Waals surface area contributed by atoms with Crippen LogP contribution < -0.4 is 10.6 Å². The van der Waals surface area contributed by atoms with Gasteiger partial charge in [0.1, 0.15) is 0 Å². The minimum Gasteiger partial charge on any atom is -0.352 e. The number of aryl methyl sites for hydroxylation is 2. The maximum absolute atomic E-state index is 12.3. The molecule has 0 fully saturated rings. The molecule has 6 nitrogen and oxygen atoms in total. The molecule has 0 atom stereocenters. The molecule has 0 saturated heterocycles. The van der Waals surface area contributed by atoms with Gasteiger partial charge in [0.15, 0.2) is 0 Å². The monoisotopic (exact) mass is 384 g/mol. The molecule has 0 radical (unpaired) electrons. The summed E-state index contributed by atoms with van der Waals surface area (Å²) in [5, 5.41) is 6.03. The minimum atomic E-state index is -0.240. The number of carbonyl (C=O) groups is 2. The number of carbonyl (C=O) groups excluding carboxylic acids is 2. The SMILES string of the molecule is CCc1ccccc1NC(=O)CCNC(=O)c1ccc2nc(Cl)n(C)c2c1. The van der Waals surface area contributed by atoms with E-state index >= 15 is 0 Å². The van der Waals surface area contributed by atoms with Gasteiger partial charge >= 0.3 is 0 Å². The van der Waals surface area contributed by atoms with Gasteiger partial charge in [-0.2, -0.15) is 0 Å². The van der Waals surface area contributed by atoms with E-state index in [0.29, 0.717) is 10.8 Å². The van der Waals surface area contributed by atoms with Crippen molar-refractivity contribution in [3.63, 3.8) is 0 Å². The first kappa shape index (κ1) is 18.9. The molecule has 0 spiro atoms. The first-order chi connectivity index (χ1) is 13.0. The van der Waals surface area contributed by atoms with Crippen molar-refractivity contribution in [2.24, 2.45) is 7.05 Å². The highest BCUT2D eigenvalue weighted by Crippen LogP contribution is 2.19. The van der Waals surface area contributed by atoms with Crippen LogP contribution in [-0.2, 0) is 18.3 Å². The number of anilines is 1. The zero-order valence-electron chi connectivity index (χ0n) is 15.3. The number of benzene rings is 2. The predicted octanol–water partition coefficient (Wildman–Crippen LogP) is 3.55. The van der Waals surface area contributed by atoms with E-state index in [1.54, 1.807) is 29.8 Å². The van der Waals surface area contributed by atoms with Crippen LogP contribution in [0.3, 0.4) is 0 Å². The molecule has 3 aromatic rings. The van der Waals surface area contributed by atoms with Gasteiger partial charge in [0.05, 0.1) is 11.0 Å². The Morgan fingerprint density at radius 2 is 1.96 bits per heavy atom. The highest BCUT2D eigenvalue weighted by atomic mass is 35.5. The lowest BCUT2D eigenvalue weighted by Gasteiger charge is -2.10. The number of hydrogen-bond donors (Lipinski definition) is 2. The maximum atomic E-state index is 12.3. The van der Waals surface area contributed by atoms with Gasteiger partial charge in [-0.05, 0) is 47.9 Å². The topological polar surface area (TPSA) is 76.0 Å². The van der Waals surface area contributed by atoms with Crippen LogP contribution in [-0.4, -0.2) is 27.9 Å². The van der Waals surface area contributed by atoms with Crippen LogP contribution in [0.15, 0.2) is 42.5 Å². The van der Waals surface area contributed by atoms with Crippen LogP contribution in [0.4, 0.5) is 5.69 Å². The van der Waals surface area contributed by atoms with Crippen molar-refractivity contribution in [1.82, 2.24) is 14.9 Å². The maximum Gasteiger partial charge on any atom is 0.251 e. The normalized spacial score (nSPS) is 10.8. The molecule has 27 heavy (non-hydrogen) atoms. The first-order valence-electron chi connectivity index (χ1n) is 8.77. The van der Waals surface area contributed by atoms with Crippen molar-refractivity contribution < 1.29 is 9.59 Å². The number of imidazole rings is 1. The largest absolute Gasteiger partial charge is 0.352 e. The Bertz CT molecular complexity index is 997. The van der Waals surface area contributed by atoms with Gasteiger partial charge in [-0.25, -0.2) is 4.98 Å². The van der Waals surface area contributed by atoms with Crippen LogP contribution in [0.5, 0.6) is 0 Å². The fraction of sp³-hybridized carbons (Fsp3) is 0.250. The molecule has 140 valence electrons. The number of halogens is 1. The van der Waals surface area contributed by atoms with Gasteiger partial charge in [0.2, 0.25) is 11.2 Å². The van der Waals surface area contributed by atoms with E-state index < -0.39 is 0 Å². The highest BCUT2D eigenvalue weighted by Gasteiger charge is 2.11. The van der Waals surface area contributed by atoms with E-state index in [-0.39, 0.29) is 24.8 Å². The smallest absolute Gasteiger partial charge is 0.251 e. The van der Waals surface area contributed by atoms with Gasteiger partial charge in [0.25, 0.3) is 5.91 Å². The van der Waals surface area contributed by atoms with Crippen molar-refractivity contribution in [2.75, 3.05) is 11.9 Å². The summed E-state index contributed by atoms with van der Waals surface area (Å²) in [6.45, 7) is 2.29. The van der Waals surface area contributed by atoms with E-state index in [1.165, 1.54) is 0 Å². The van der Waals surface area contributed by atoms with E-state index in [4.69, 9.17) is 11.6 Å². The molecule has 3 rings (SSSR count). The Morgan fingerprint density at radius 3 is 2.74 bits per heavy atom. The van der Waals surface area contributed by atoms with Crippen LogP contribution in [0.25, 0.3) is 11.0 Å². The average Bonchev–Trinajstić information content (AvgIpc) is 2.95. The lowest BCUT2D eigenvalue weighted by Crippen LogP contribution is -2.27. The summed E-state index contributed by atoms with van der Waals surface area (Å²) in [5.41, 5.74) is 3.90. The summed E-state index contributed by atoms with van der Waals surface area (Å²) in [5.74, 6) is -0.374. The first-order valence-corrected chi connectivity index (χ1v) is 9.15. The fourth-order valence-corrected chi connectivity index (χ4v) is 3.04. The number of amides is 2. The number of nitrogens with zero attached hydrogens (tertiary/aromatic N) is 2. The second-order valence-corrected chi connectivity index (χ2v) is 6.55. The number of rotatable bonds is 6. The van der Waals surface area contributed by atoms with Crippen LogP contribution in [0, 0.1) is 0 Å². The predicted molar refractivity (Wildman–Crippen MR) is 107 cm³/mol. The summed E-state index contributed by atoms with van der Waals surface area (Å²) in [6, 6.07) is 12.9. The Balaban J connectivity index is 1.56. The van der Waals surface area contributed by atoms with Crippen molar-refractivity contribution in [3.8, 4) is 0 Å². The van der Waals surface area contributed by atoms with Crippen molar-refractivity contribution in [1.29, 1.82) is 0 Å². The molecule has 0 bridgehead atoms. The van der Waals surface area contributed by atoms with Gasteiger partial charge < -0.3 is 15.2 Å². The molecule has 1 heterocycles. The summed E-state index contributed by atoms with van der Waals surface area (Å²) >= 11 is 6.00. The molecule has 2 amide bonds. The Morgan fingerprint density at radius 1 is 1.19 bits per heavy atom. The molecule has 0 saturated carbocycles. The molecule has 1 aromatic heterocycles. The molecular weight excluding hydrogens is 364 g/mol. The second kappa shape index (κ2) is 8.22. The Kier molecular flexibility index (Phi) is 5.76. The van der Waals surface area contributed by atoms with Crippen molar-refractivity contribution >= 4 is 40.1 Å². The lowest BCUT2D eigenvalue weighted by molar-refractivity contribution is -0.116. The summed E-state index contributed by atoms with van der Waals surface area (Å²) in [6.07, 6.45) is 1.04.